The number of methoxy groups -OCH3 is 1. The predicted octanol–water partition coefficient (Wildman–Crippen LogP) is 5.38. The molecule has 1 N–H and O–H groups in total. The van der Waals surface area contributed by atoms with E-state index in [1.54, 1.807) is 24.3 Å². The molecule has 0 bridgehead atoms. The molecule has 4 nitrogen and oxygen atoms in total. The predicted molar refractivity (Wildman–Crippen MR) is 107 cm³/mol. The lowest BCUT2D eigenvalue weighted by Gasteiger charge is -2.35. The third kappa shape index (κ3) is 3.04. The number of phenolic OH excluding ortho intramolecular Hbond substituents is 1. The fourth-order valence-electron chi connectivity index (χ4n) is 3.30. The Hall–Kier alpha value is -3.24. The lowest BCUT2D eigenvalue weighted by molar-refractivity contribution is -0.134. The first-order chi connectivity index (χ1) is 13.1. The van der Waals surface area contributed by atoms with E-state index in [0.29, 0.717) is 10.7 Å². The van der Waals surface area contributed by atoms with Crippen LogP contribution in [0.15, 0.2) is 72.8 Å². The van der Waals surface area contributed by atoms with Gasteiger partial charge in [-0.3, -0.25) is 0 Å². The number of anilines is 2. The van der Waals surface area contributed by atoms with Gasteiger partial charge in [-0.25, -0.2) is 4.79 Å². The first-order valence-electron chi connectivity index (χ1n) is 8.36. The Balaban J connectivity index is 2.03. The van der Waals surface area contributed by atoms with E-state index in [1.165, 1.54) is 13.2 Å². The minimum atomic E-state index is -0.444. The van der Waals surface area contributed by atoms with Gasteiger partial charge in [0.05, 0.1) is 18.5 Å². The average Bonchev–Trinajstić information content (AvgIpc) is 2.69. The maximum absolute atomic E-state index is 12.1. The molecule has 0 aliphatic carbocycles. The van der Waals surface area contributed by atoms with E-state index in [0.717, 1.165) is 28.1 Å². The van der Waals surface area contributed by atoms with Crippen LogP contribution in [0.3, 0.4) is 0 Å². The van der Waals surface area contributed by atoms with Crippen LogP contribution in [-0.4, -0.2) is 18.2 Å². The molecule has 27 heavy (non-hydrogen) atoms. The number of hydrogen-bond donors (Lipinski definition) is 1. The Morgan fingerprint density at radius 3 is 2.41 bits per heavy atom. The standard InChI is InChI=1S/C22H16ClNO3/c1-27-22(26)13-21-18-5-3-2-4-17(18)19-12-14(23)6-11-20(19)24(21)15-7-9-16(25)10-8-15/h2-13,25H,1H3/b21-13+. The van der Waals surface area contributed by atoms with Crippen molar-refractivity contribution in [1.29, 1.82) is 0 Å². The maximum Gasteiger partial charge on any atom is 0.332 e. The largest absolute Gasteiger partial charge is 0.508 e. The van der Waals surface area contributed by atoms with Crippen LogP contribution >= 0.6 is 11.6 Å². The molecule has 3 aromatic carbocycles. The van der Waals surface area contributed by atoms with Gasteiger partial charge in [-0.05, 0) is 48.0 Å². The van der Waals surface area contributed by atoms with Crippen molar-refractivity contribution < 1.29 is 14.6 Å². The zero-order valence-electron chi connectivity index (χ0n) is 14.5. The van der Waals surface area contributed by atoms with Crippen molar-refractivity contribution in [3.8, 4) is 16.9 Å². The van der Waals surface area contributed by atoms with E-state index in [1.807, 2.05) is 47.4 Å². The van der Waals surface area contributed by atoms with Gasteiger partial charge in [0.2, 0.25) is 0 Å². The number of aromatic hydroxyl groups is 1. The van der Waals surface area contributed by atoms with Crippen LogP contribution in [0.4, 0.5) is 11.4 Å². The van der Waals surface area contributed by atoms with Crippen molar-refractivity contribution in [1.82, 2.24) is 0 Å². The van der Waals surface area contributed by atoms with Gasteiger partial charge in [-0.2, -0.15) is 0 Å². The zero-order chi connectivity index (χ0) is 19.0. The molecule has 0 spiro atoms. The van der Waals surface area contributed by atoms with E-state index in [4.69, 9.17) is 16.3 Å². The summed E-state index contributed by atoms with van der Waals surface area (Å²) in [6, 6.07) is 20.3. The number of carbonyl (C=O) groups is 1. The Morgan fingerprint density at radius 1 is 1.00 bits per heavy atom. The van der Waals surface area contributed by atoms with Crippen molar-refractivity contribution in [2.45, 2.75) is 0 Å². The second-order valence-electron chi connectivity index (χ2n) is 6.11. The highest BCUT2D eigenvalue weighted by Gasteiger charge is 2.28. The van der Waals surface area contributed by atoms with Gasteiger partial charge in [-0.1, -0.05) is 35.9 Å². The number of carbonyl (C=O) groups excluding carboxylic acids is 1. The number of rotatable bonds is 2. The fourth-order valence-corrected chi connectivity index (χ4v) is 3.48. The van der Waals surface area contributed by atoms with E-state index < -0.39 is 5.97 Å². The number of fused-ring (bicyclic) bond motifs is 3. The van der Waals surface area contributed by atoms with Crippen LogP contribution in [0, 0.1) is 0 Å². The van der Waals surface area contributed by atoms with Crippen LogP contribution < -0.4 is 4.90 Å². The number of benzene rings is 3. The molecule has 0 saturated heterocycles. The van der Waals surface area contributed by atoms with Crippen LogP contribution in [0.5, 0.6) is 5.75 Å². The molecule has 1 heterocycles. The molecule has 0 unspecified atom stereocenters. The molecule has 1 aliphatic rings. The molecule has 0 aromatic heterocycles. The third-order valence-electron chi connectivity index (χ3n) is 4.50. The first kappa shape index (κ1) is 17.2. The SMILES string of the molecule is COC(=O)/C=C1\c2ccccc2-c2cc(Cl)ccc2N1c1ccc(O)cc1. The van der Waals surface area contributed by atoms with Gasteiger partial charge < -0.3 is 14.7 Å². The van der Waals surface area contributed by atoms with Crippen molar-refractivity contribution in [3.05, 3.63) is 83.4 Å². The Morgan fingerprint density at radius 2 is 1.70 bits per heavy atom. The molecule has 0 atom stereocenters. The minimum Gasteiger partial charge on any atom is -0.508 e. The Bertz CT molecular complexity index is 1060. The molecule has 4 rings (SSSR count). The zero-order valence-corrected chi connectivity index (χ0v) is 15.3. The number of phenols is 1. The first-order valence-corrected chi connectivity index (χ1v) is 8.74. The number of hydrogen-bond acceptors (Lipinski definition) is 4. The van der Waals surface area contributed by atoms with Crippen LogP contribution in [0.25, 0.3) is 16.8 Å². The highest BCUT2D eigenvalue weighted by Crippen LogP contribution is 2.48. The van der Waals surface area contributed by atoms with Crippen molar-refractivity contribution in [3.63, 3.8) is 0 Å². The van der Waals surface area contributed by atoms with Gasteiger partial charge in [-0.15, -0.1) is 0 Å². The summed E-state index contributed by atoms with van der Waals surface area (Å²) < 4.78 is 4.88. The summed E-state index contributed by atoms with van der Waals surface area (Å²) in [5.41, 5.74) is 5.23. The molecule has 0 fully saturated rings. The van der Waals surface area contributed by atoms with E-state index in [2.05, 4.69) is 0 Å². The second kappa shape index (κ2) is 6.82. The highest BCUT2D eigenvalue weighted by atomic mass is 35.5. The normalized spacial score (nSPS) is 13.9. The average molecular weight is 378 g/mol. The van der Waals surface area contributed by atoms with Gasteiger partial charge in [0, 0.05) is 27.9 Å². The summed E-state index contributed by atoms with van der Waals surface area (Å²) >= 11 is 6.26. The number of nitrogens with zero attached hydrogens (tertiary/aromatic N) is 1. The smallest absolute Gasteiger partial charge is 0.332 e. The maximum atomic E-state index is 12.1. The van der Waals surface area contributed by atoms with Crippen LogP contribution in [0.2, 0.25) is 5.02 Å². The summed E-state index contributed by atoms with van der Waals surface area (Å²) in [7, 11) is 1.35. The van der Waals surface area contributed by atoms with Crippen LogP contribution in [0.1, 0.15) is 5.56 Å². The molecule has 134 valence electrons. The summed E-state index contributed by atoms with van der Waals surface area (Å²) in [4.78, 5) is 14.1. The quantitative estimate of drug-likeness (QED) is 0.481. The van der Waals surface area contributed by atoms with E-state index in [-0.39, 0.29) is 5.75 Å². The van der Waals surface area contributed by atoms with Gasteiger partial charge in [0.25, 0.3) is 0 Å². The number of halogens is 1. The lowest BCUT2D eigenvalue weighted by atomic mass is 9.90. The Labute approximate surface area is 161 Å². The molecular formula is C22H16ClNO3. The van der Waals surface area contributed by atoms with Crippen molar-refractivity contribution in [2.75, 3.05) is 12.0 Å². The molecule has 0 amide bonds. The molecule has 3 aromatic rings. The van der Waals surface area contributed by atoms with Crippen molar-refractivity contribution in [2.24, 2.45) is 0 Å². The summed E-state index contributed by atoms with van der Waals surface area (Å²) in [5.74, 6) is -0.271. The van der Waals surface area contributed by atoms with Gasteiger partial charge >= 0.3 is 5.97 Å². The highest BCUT2D eigenvalue weighted by molar-refractivity contribution is 6.31. The monoisotopic (exact) mass is 377 g/mol. The number of esters is 1. The fraction of sp³-hybridized carbons (Fsp3) is 0.0455. The van der Waals surface area contributed by atoms with Gasteiger partial charge in [0.1, 0.15) is 5.75 Å². The molecule has 0 saturated carbocycles. The topological polar surface area (TPSA) is 49.8 Å². The Kier molecular flexibility index (Phi) is 4.34. The van der Waals surface area contributed by atoms with Crippen LogP contribution in [-0.2, 0) is 9.53 Å². The minimum absolute atomic E-state index is 0.172. The van der Waals surface area contributed by atoms with Crippen molar-refractivity contribution >= 4 is 34.6 Å². The number of ether oxygens (including phenoxy) is 1. The molecule has 0 radical (unpaired) electrons. The molecule has 1 aliphatic heterocycles. The summed E-state index contributed by atoms with van der Waals surface area (Å²) in [5, 5.41) is 10.3. The molecular weight excluding hydrogens is 362 g/mol. The molecule has 5 heteroatoms. The van der Waals surface area contributed by atoms with Gasteiger partial charge in [0.15, 0.2) is 0 Å². The second-order valence-corrected chi connectivity index (χ2v) is 6.55. The lowest BCUT2D eigenvalue weighted by Crippen LogP contribution is -2.21. The summed E-state index contributed by atoms with van der Waals surface area (Å²) in [6.07, 6.45) is 1.48. The van der Waals surface area contributed by atoms with E-state index >= 15 is 0 Å². The third-order valence-corrected chi connectivity index (χ3v) is 4.73. The summed E-state index contributed by atoms with van der Waals surface area (Å²) in [6.45, 7) is 0. The van der Waals surface area contributed by atoms with E-state index in [9.17, 15) is 9.90 Å².